The number of anilines is 1. The van der Waals surface area contributed by atoms with E-state index >= 15 is 0 Å². The number of pyridine rings is 1. The summed E-state index contributed by atoms with van der Waals surface area (Å²) >= 11 is 6.40. The minimum absolute atomic E-state index is 0.0249. The van der Waals surface area contributed by atoms with Crippen LogP contribution in [0.5, 0.6) is 5.75 Å². The van der Waals surface area contributed by atoms with Crippen LogP contribution in [0.2, 0.25) is 5.02 Å². The summed E-state index contributed by atoms with van der Waals surface area (Å²) in [6, 6.07) is 7.35. The molecule has 1 aromatic carbocycles. The summed E-state index contributed by atoms with van der Waals surface area (Å²) in [6.07, 6.45) is 3.43. The van der Waals surface area contributed by atoms with Gasteiger partial charge < -0.3 is 19.9 Å². The first-order valence-corrected chi connectivity index (χ1v) is 9.42. The maximum Gasteiger partial charge on any atom is 0.241 e. The Kier molecular flexibility index (Phi) is 6.36. The summed E-state index contributed by atoms with van der Waals surface area (Å²) in [5, 5.41) is 3.70. The van der Waals surface area contributed by atoms with Gasteiger partial charge >= 0.3 is 0 Å². The molecule has 0 bridgehead atoms. The normalized spacial score (nSPS) is 14.0. The van der Waals surface area contributed by atoms with Gasteiger partial charge in [-0.3, -0.25) is 14.6 Å². The van der Waals surface area contributed by atoms with Crippen molar-refractivity contribution in [1.82, 2.24) is 14.8 Å². The molecular weight excluding hydrogens is 380 g/mol. The van der Waals surface area contributed by atoms with Crippen molar-refractivity contribution in [2.45, 2.75) is 6.92 Å². The highest BCUT2D eigenvalue weighted by Gasteiger charge is 2.22. The van der Waals surface area contributed by atoms with E-state index in [1.165, 1.54) is 0 Å². The van der Waals surface area contributed by atoms with Crippen molar-refractivity contribution < 1.29 is 14.3 Å². The van der Waals surface area contributed by atoms with Crippen LogP contribution in [-0.2, 0) is 9.59 Å². The van der Waals surface area contributed by atoms with Crippen molar-refractivity contribution in [1.29, 1.82) is 0 Å². The Labute approximate surface area is 169 Å². The smallest absolute Gasteiger partial charge is 0.241 e. The molecule has 148 valence electrons. The molecule has 7 nitrogen and oxygen atoms in total. The summed E-state index contributed by atoms with van der Waals surface area (Å²) in [6.45, 7) is 3.89. The zero-order valence-corrected chi connectivity index (χ0v) is 16.7. The van der Waals surface area contributed by atoms with Crippen LogP contribution in [-0.4, -0.2) is 66.4 Å². The third kappa shape index (κ3) is 4.54. The highest BCUT2D eigenvalue weighted by atomic mass is 35.5. The number of carbonyl (C=O) groups excluding carboxylic acids is 2. The molecule has 2 heterocycles. The van der Waals surface area contributed by atoms with Crippen molar-refractivity contribution in [2.24, 2.45) is 0 Å². The second-order valence-electron chi connectivity index (χ2n) is 6.51. The molecule has 2 aromatic rings. The van der Waals surface area contributed by atoms with Gasteiger partial charge in [-0.1, -0.05) is 17.7 Å². The minimum atomic E-state index is -0.0249. The topological polar surface area (TPSA) is 74.8 Å². The molecule has 1 fully saturated rings. The van der Waals surface area contributed by atoms with Crippen LogP contribution in [0.4, 0.5) is 5.69 Å². The average molecular weight is 403 g/mol. The molecule has 8 heteroatoms. The standard InChI is InChI=1S/C20H23ClN4O3/c1-14(26)24-6-8-25(9-7-24)20(27)13-23-18-10-16(15-4-3-5-22-12-15)17(21)11-19(18)28-2/h3-5,10-12,23H,6-9,13H2,1-2H3. The van der Waals surface area contributed by atoms with Crippen molar-refractivity contribution in [3.63, 3.8) is 0 Å². The van der Waals surface area contributed by atoms with Gasteiger partial charge in [0.25, 0.3) is 0 Å². The predicted octanol–water partition coefficient (Wildman–Crippen LogP) is 2.51. The molecular formula is C20H23ClN4O3. The number of methoxy groups -OCH3 is 1. The van der Waals surface area contributed by atoms with Gasteiger partial charge in [-0.25, -0.2) is 0 Å². The highest BCUT2D eigenvalue weighted by molar-refractivity contribution is 6.33. The van der Waals surface area contributed by atoms with E-state index < -0.39 is 0 Å². The lowest BCUT2D eigenvalue weighted by Crippen LogP contribution is -2.51. The molecule has 1 aromatic heterocycles. The van der Waals surface area contributed by atoms with E-state index in [1.54, 1.807) is 42.3 Å². The molecule has 0 unspecified atom stereocenters. The molecule has 0 radical (unpaired) electrons. The SMILES string of the molecule is COc1cc(Cl)c(-c2cccnc2)cc1NCC(=O)N1CCN(C(C)=O)CC1. The number of carbonyl (C=O) groups is 2. The number of hydrogen-bond acceptors (Lipinski definition) is 5. The lowest BCUT2D eigenvalue weighted by Gasteiger charge is -2.34. The Morgan fingerprint density at radius 2 is 1.93 bits per heavy atom. The second kappa shape index (κ2) is 8.93. The molecule has 2 amide bonds. The van der Waals surface area contributed by atoms with Crippen LogP contribution in [0.15, 0.2) is 36.7 Å². The molecule has 3 rings (SSSR count). The zero-order valence-electron chi connectivity index (χ0n) is 15.9. The van der Waals surface area contributed by atoms with E-state index in [4.69, 9.17) is 16.3 Å². The molecule has 0 atom stereocenters. The van der Waals surface area contributed by atoms with Gasteiger partial charge in [0.05, 0.1) is 24.4 Å². The van der Waals surface area contributed by atoms with Crippen molar-refractivity contribution in [3.05, 3.63) is 41.7 Å². The molecule has 0 saturated carbocycles. The first-order chi connectivity index (χ1) is 13.5. The maximum absolute atomic E-state index is 12.6. The number of hydrogen-bond donors (Lipinski definition) is 1. The fourth-order valence-corrected chi connectivity index (χ4v) is 3.42. The summed E-state index contributed by atoms with van der Waals surface area (Å²) in [7, 11) is 1.56. The summed E-state index contributed by atoms with van der Waals surface area (Å²) < 4.78 is 5.40. The van der Waals surface area contributed by atoms with E-state index in [0.29, 0.717) is 42.6 Å². The van der Waals surface area contributed by atoms with E-state index in [9.17, 15) is 9.59 Å². The maximum atomic E-state index is 12.6. The third-order valence-electron chi connectivity index (χ3n) is 4.77. The number of ether oxygens (including phenoxy) is 1. The van der Waals surface area contributed by atoms with Crippen LogP contribution in [0.3, 0.4) is 0 Å². The predicted molar refractivity (Wildman–Crippen MR) is 109 cm³/mol. The number of aromatic nitrogens is 1. The molecule has 1 aliphatic rings. The van der Waals surface area contributed by atoms with Crippen LogP contribution in [0, 0.1) is 0 Å². The average Bonchev–Trinajstić information content (AvgIpc) is 2.73. The van der Waals surface area contributed by atoms with E-state index in [0.717, 1.165) is 11.1 Å². The van der Waals surface area contributed by atoms with Crippen LogP contribution in [0.25, 0.3) is 11.1 Å². The van der Waals surface area contributed by atoms with Gasteiger partial charge in [-0.05, 0) is 12.1 Å². The van der Waals surface area contributed by atoms with Gasteiger partial charge in [0, 0.05) is 62.7 Å². The Morgan fingerprint density at radius 1 is 1.21 bits per heavy atom. The Balaban J connectivity index is 1.70. The van der Waals surface area contributed by atoms with Crippen molar-refractivity contribution in [3.8, 4) is 16.9 Å². The number of rotatable bonds is 5. The Morgan fingerprint density at radius 3 is 2.54 bits per heavy atom. The van der Waals surface area contributed by atoms with Crippen LogP contribution < -0.4 is 10.1 Å². The van der Waals surface area contributed by atoms with E-state index in [2.05, 4.69) is 10.3 Å². The van der Waals surface area contributed by atoms with Crippen molar-refractivity contribution in [2.75, 3.05) is 45.2 Å². The monoisotopic (exact) mass is 402 g/mol. The zero-order chi connectivity index (χ0) is 20.1. The molecule has 1 N–H and O–H groups in total. The summed E-state index contributed by atoms with van der Waals surface area (Å²) in [4.78, 5) is 31.6. The van der Waals surface area contributed by atoms with Crippen molar-refractivity contribution >= 4 is 29.1 Å². The minimum Gasteiger partial charge on any atom is -0.495 e. The van der Waals surface area contributed by atoms with Gasteiger partial charge in [-0.2, -0.15) is 0 Å². The third-order valence-corrected chi connectivity index (χ3v) is 5.08. The number of nitrogens with zero attached hydrogens (tertiary/aromatic N) is 3. The quantitative estimate of drug-likeness (QED) is 0.831. The Bertz CT molecular complexity index is 852. The number of nitrogens with one attached hydrogen (secondary N) is 1. The largest absolute Gasteiger partial charge is 0.495 e. The Hall–Kier alpha value is -2.80. The first kappa shape index (κ1) is 19.9. The fourth-order valence-electron chi connectivity index (χ4n) is 3.16. The number of piperazine rings is 1. The molecule has 1 aliphatic heterocycles. The highest BCUT2D eigenvalue weighted by Crippen LogP contribution is 2.36. The number of benzene rings is 1. The second-order valence-corrected chi connectivity index (χ2v) is 6.92. The van der Waals surface area contributed by atoms with Gasteiger partial charge in [0.2, 0.25) is 11.8 Å². The van der Waals surface area contributed by atoms with Gasteiger partial charge in [-0.15, -0.1) is 0 Å². The summed E-state index contributed by atoms with van der Waals surface area (Å²) in [5.41, 5.74) is 2.37. The first-order valence-electron chi connectivity index (χ1n) is 9.04. The lowest BCUT2D eigenvalue weighted by atomic mass is 10.1. The lowest BCUT2D eigenvalue weighted by molar-refractivity contribution is -0.137. The fraction of sp³-hybridized carbons (Fsp3) is 0.350. The van der Waals surface area contributed by atoms with Gasteiger partial charge in [0.15, 0.2) is 0 Å². The molecule has 28 heavy (non-hydrogen) atoms. The van der Waals surface area contributed by atoms with E-state index in [1.807, 2.05) is 18.2 Å². The molecule has 1 saturated heterocycles. The van der Waals surface area contributed by atoms with E-state index in [-0.39, 0.29) is 18.4 Å². The van der Waals surface area contributed by atoms with Crippen LogP contribution >= 0.6 is 11.6 Å². The van der Waals surface area contributed by atoms with Crippen LogP contribution in [0.1, 0.15) is 6.92 Å². The number of halogens is 1. The molecule has 0 spiro atoms. The summed E-state index contributed by atoms with van der Waals surface area (Å²) in [5.74, 6) is 0.578. The van der Waals surface area contributed by atoms with Gasteiger partial charge in [0.1, 0.15) is 5.75 Å². The molecule has 0 aliphatic carbocycles. The number of amides is 2.